The summed E-state index contributed by atoms with van der Waals surface area (Å²) in [5.74, 6) is 0.209. The van der Waals surface area contributed by atoms with Gasteiger partial charge >= 0.3 is 0 Å². The standard InChI is InChI=1S/C30H42N4O3S/c1-5-17-34-29(15-16-31-34)38(35,36)32-18-6-7-19-33-27(20-32)30(28(33)21-37-4)25-13-11-24(12-14-25)26-10-8-9-22(2)23(26)3/h6-14,27-31H,5,15-21H2,1-4H3/b7-6-. The molecule has 3 heterocycles. The number of ether oxygens (including phenoxy) is 1. The molecule has 0 amide bonds. The predicted molar refractivity (Wildman–Crippen MR) is 153 cm³/mol. The van der Waals surface area contributed by atoms with E-state index in [1.54, 1.807) is 11.4 Å². The summed E-state index contributed by atoms with van der Waals surface area (Å²) in [4.78, 5) is 2.42. The van der Waals surface area contributed by atoms with Crippen LogP contribution >= 0.6 is 0 Å². The first-order chi connectivity index (χ1) is 18.4. The minimum absolute atomic E-state index is 0.107. The molecule has 1 N–H and O–H groups in total. The minimum Gasteiger partial charge on any atom is -0.383 e. The van der Waals surface area contributed by atoms with Crippen LogP contribution in [-0.2, 0) is 14.8 Å². The number of hydrogen-bond donors (Lipinski definition) is 1. The quantitative estimate of drug-likeness (QED) is 0.515. The van der Waals surface area contributed by atoms with Crippen LogP contribution in [0.4, 0.5) is 0 Å². The van der Waals surface area contributed by atoms with Crippen molar-refractivity contribution in [3.63, 3.8) is 0 Å². The van der Waals surface area contributed by atoms with Gasteiger partial charge in [-0.05, 0) is 54.5 Å². The zero-order chi connectivity index (χ0) is 26.9. The van der Waals surface area contributed by atoms with E-state index in [0.717, 1.165) is 19.5 Å². The van der Waals surface area contributed by atoms with Crippen molar-refractivity contribution < 1.29 is 13.2 Å². The fourth-order valence-electron chi connectivity index (χ4n) is 6.48. The second-order valence-electron chi connectivity index (χ2n) is 10.9. The van der Waals surface area contributed by atoms with Gasteiger partial charge in [-0.3, -0.25) is 10.3 Å². The van der Waals surface area contributed by atoms with Crippen molar-refractivity contribution in [1.82, 2.24) is 19.6 Å². The van der Waals surface area contributed by atoms with Crippen molar-refractivity contribution in [2.75, 3.05) is 46.4 Å². The highest BCUT2D eigenvalue weighted by Crippen LogP contribution is 2.43. The SMILES string of the molecule is CCCN1NCCC1S(=O)(=O)N1C/C=C\CN2C(COC)C(c3ccc(-c4cccc(C)c4C)cc3)C2C1. The lowest BCUT2D eigenvalue weighted by molar-refractivity contribution is -0.0509. The van der Waals surface area contributed by atoms with Crippen LogP contribution in [0.25, 0.3) is 11.1 Å². The number of aryl methyl sites for hydroxylation is 1. The lowest BCUT2D eigenvalue weighted by Gasteiger charge is -2.56. The summed E-state index contributed by atoms with van der Waals surface area (Å²) >= 11 is 0. The Balaban J connectivity index is 1.42. The fraction of sp³-hybridized carbons (Fsp3) is 0.533. The lowest BCUT2D eigenvalue weighted by atomic mass is 9.74. The van der Waals surface area contributed by atoms with Gasteiger partial charge in [-0.1, -0.05) is 61.5 Å². The molecule has 2 saturated heterocycles. The van der Waals surface area contributed by atoms with Crippen molar-refractivity contribution in [3.8, 4) is 11.1 Å². The molecule has 0 bridgehead atoms. The van der Waals surface area contributed by atoms with Gasteiger partial charge in [-0.15, -0.1) is 0 Å². The molecule has 5 rings (SSSR count). The summed E-state index contributed by atoms with van der Waals surface area (Å²) in [5, 5.41) is 1.42. The van der Waals surface area contributed by atoms with Crippen molar-refractivity contribution in [2.45, 2.75) is 57.0 Å². The maximum atomic E-state index is 13.9. The zero-order valence-electron chi connectivity index (χ0n) is 23.1. The van der Waals surface area contributed by atoms with E-state index in [2.05, 4.69) is 79.6 Å². The fourth-order valence-corrected chi connectivity index (χ4v) is 8.40. The zero-order valence-corrected chi connectivity index (χ0v) is 24.0. The summed E-state index contributed by atoms with van der Waals surface area (Å²) in [6.45, 7) is 10.2. The first-order valence-electron chi connectivity index (χ1n) is 13.9. The summed E-state index contributed by atoms with van der Waals surface area (Å²) in [6, 6.07) is 15.7. The Morgan fingerprint density at radius 1 is 1.05 bits per heavy atom. The molecule has 0 aliphatic carbocycles. The molecule has 0 radical (unpaired) electrons. The Hall–Kier alpha value is -2.07. The molecule has 0 spiro atoms. The summed E-state index contributed by atoms with van der Waals surface area (Å²) in [6.07, 6.45) is 5.66. The predicted octanol–water partition coefficient (Wildman–Crippen LogP) is 3.90. The smallest absolute Gasteiger partial charge is 0.232 e. The van der Waals surface area contributed by atoms with Crippen LogP contribution in [0.3, 0.4) is 0 Å². The van der Waals surface area contributed by atoms with Gasteiger partial charge in [0.1, 0.15) is 5.37 Å². The number of sulfonamides is 1. The molecule has 8 heteroatoms. The van der Waals surface area contributed by atoms with Crippen molar-refractivity contribution in [3.05, 3.63) is 71.3 Å². The van der Waals surface area contributed by atoms with Gasteiger partial charge in [0.2, 0.25) is 10.0 Å². The van der Waals surface area contributed by atoms with Crippen LogP contribution in [-0.4, -0.2) is 86.5 Å². The van der Waals surface area contributed by atoms with Crippen LogP contribution in [0.5, 0.6) is 0 Å². The average molecular weight is 539 g/mol. The van der Waals surface area contributed by atoms with Gasteiger partial charge in [0, 0.05) is 57.8 Å². The molecule has 4 atom stereocenters. The van der Waals surface area contributed by atoms with Gasteiger partial charge in [0.25, 0.3) is 0 Å². The molecule has 2 aromatic carbocycles. The Bertz CT molecular complexity index is 1250. The van der Waals surface area contributed by atoms with Crippen LogP contribution < -0.4 is 5.43 Å². The third-order valence-electron chi connectivity index (χ3n) is 8.63. The second-order valence-corrected chi connectivity index (χ2v) is 13.0. The second kappa shape index (κ2) is 11.6. The average Bonchev–Trinajstić information content (AvgIpc) is 3.36. The van der Waals surface area contributed by atoms with Crippen LogP contribution in [0, 0.1) is 13.8 Å². The highest BCUT2D eigenvalue weighted by Gasteiger charge is 2.51. The third-order valence-corrected chi connectivity index (χ3v) is 10.8. The number of fused-ring (bicyclic) bond motifs is 1. The molecular weight excluding hydrogens is 496 g/mol. The van der Waals surface area contributed by atoms with Crippen molar-refractivity contribution in [2.24, 2.45) is 0 Å². The Kier molecular flexibility index (Phi) is 8.38. The van der Waals surface area contributed by atoms with E-state index in [-0.39, 0.29) is 18.0 Å². The molecular formula is C30H42N4O3S. The van der Waals surface area contributed by atoms with E-state index in [1.165, 1.54) is 27.8 Å². The van der Waals surface area contributed by atoms with E-state index >= 15 is 0 Å². The molecule has 0 aromatic heterocycles. The number of benzene rings is 2. The van der Waals surface area contributed by atoms with Gasteiger partial charge in [0.15, 0.2) is 0 Å². The first kappa shape index (κ1) is 27.5. The van der Waals surface area contributed by atoms with E-state index in [4.69, 9.17) is 4.74 Å². The monoisotopic (exact) mass is 538 g/mol. The van der Waals surface area contributed by atoms with Crippen molar-refractivity contribution in [1.29, 1.82) is 0 Å². The molecule has 4 unspecified atom stereocenters. The minimum atomic E-state index is -3.49. The molecule has 38 heavy (non-hydrogen) atoms. The van der Waals surface area contributed by atoms with Gasteiger partial charge in [0.05, 0.1) is 6.61 Å². The number of hydrazine groups is 1. The molecule has 2 aromatic rings. The lowest BCUT2D eigenvalue weighted by Crippen LogP contribution is -2.68. The summed E-state index contributed by atoms with van der Waals surface area (Å²) in [5.41, 5.74) is 9.60. The Morgan fingerprint density at radius 3 is 2.55 bits per heavy atom. The summed E-state index contributed by atoms with van der Waals surface area (Å²) in [7, 11) is -1.74. The first-order valence-corrected chi connectivity index (χ1v) is 15.4. The molecule has 0 saturated carbocycles. The number of nitrogens with one attached hydrogen (secondary N) is 1. The van der Waals surface area contributed by atoms with E-state index in [1.807, 2.05) is 11.1 Å². The highest BCUT2D eigenvalue weighted by molar-refractivity contribution is 7.89. The van der Waals surface area contributed by atoms with E-state index < -0.39 is 15.4 Å². The maximum Gasteiger partial charge on any atom is 0.232 e. The topological polar surface area (TPSA) is 65.1 Å². The maximum absolute atomic E-state index is 13.9. The summed E-state index contributed by atoms with van der Waals surface area (Å²) < 4.78 is 35.2. The number of rotatable bonds is 8. The largest absolute Gasteiger partial charge is 0.383 e. The van der Waals surface area contributed by atoms with E-state index in [0.29, 0.717) is 32.7 Å². The molecule has 2 fully saturated rings. The Labute approximate surface area is 228 Å². The van der Waals surface area contributed by atoms with E-state index in [9.17, 15) is 8.42 Å². The van der Waals surface area contributed by atoms with Gasteiger partial charge in [-0.2, -0.15) is 4.31 Å². The molecule has 3 aliphatic rings. The Morgan fingerprint density at radius 2 is 1.82 bits per heavy atom. The number of methoxy groups -OCH3 is 1. The number of nitrogens with zero attached hydrogens (tertiary/aromatic N) is 3. The van der Waals surface area contributed by atoms with Gasteiger partial charge < -0.3 is 4.74 Å². The van der Waals surface area contributed by atoms with Crippen LogP contribution in [0.15, 0.2) is 54.6 Å². The molecule has 206 valence electrons. The third kappa shape index (κ3) is 5.10. The molecule has 7 nitrogen and oxygen atoms in total. The number of hydrogen-bond acceptors (Lipinski definition) is 6. The van der Waals surface area contributed by atoms with Crippen LogP contribution in [0.1, 0.15) is 42.4 Å². The van der Waals surface area contributed by atoms with Gasteiger partial charge in [-0.25, -0.2) is 13.4 Å². The normalized spacial score (nSPS) is 27.9. The highest BCUT2D eigenvalue weighted by atomic mass is 32.2. The van der Waals surface area contributed by atoms with Crippen molar-refractivity contribution >= 4 is 10.0 Å². The van der Waals surface area contributed by atoms with Crippen LogP contribution in [0.2, 0.25) is 0 Å². The molecule has 3 aliphatic heterocycles.